The number of rotatable bonds is 8. The molecule has 2 aromatic rings. The van der Waals surface area contributed by atoms with Gasteiger partial charge in [0.1, 0.15) is 6.04 Å². The molecule has 0 saturated heterocycles. The summed E-state index contributed by atoms with van der Waals surface area (Å²) in [6.45, 7) is 1.26. The average Bonchev–Trinajstić information content (AvgIpc) is 2.79. The van der Waals surface area contributed by atoms with Gasteiger partial charge in [-0.2, -0.15) is 4.99 Å². The lowest BCUT2D eigenvalue weighted by Crippen LogP contribution is -2.51. The molecule has 6 N–H and O–H groups in total. The van der Waals surface area contributed by atoms with Gasteiger partial charge in [0.05, 0.1) is 15.7 Å². The predicted molar refractivity (Wildman–Crippen MR) is 146 cm³/mol. The van der Waals surface area contributed by atoms with Crippen LogP contribution in [-0.4, -0.2) is 59.6 Å². The number of para-hydroxylation sites is 2. The summed E-state index contributed by atoms with van der Waals surface area (Å²) in [6.07, 6.45) is 0.0495. The molecule has 0 heterocycles. The molecule has 0 bridgehead atoms. The number of nitrogens with one attached hydrogen (secondary N) is 4. The van der Waals surface area contributed by atoms with E-state index in [2.05, 4.69) is 20.9 Å². The van der Waals surface area contributed by atoms with E-state index in [1.807, 2.05) is 6.07 Å². The topological polar surface area (TPSA) is 153 Å². The van der Waals surface area contributed by atoms with Crippen LogP contribution in [0, 0.1) is 5.41 Å². The van der Waals surface area contributed by atoms with Crippen molar-refractivity contribution in [3.63, 3.8) is 0 Å². The normalized spacial score (nSPS) is 11.9. The molecule has 10 nitrogen and oxygen atoms in total. The van der Waals surface area contributed by atoms with E-state index in [0.717, 1.165) is 11.8 Å². The Bertz CT molecular complexity index is 1150. The lowest BCUT2D eigenvalue weighted by atomic mass is 10.1. The number of guanidine groups is 2. The predicted octanol–water partition coefficient (Wildman–Crippen LogP) is 2.97. The Morgan fingerprint density at radius 1 is 1.11 bits per heavy atom. The Labute approximate surface area is 223 Å². The molecule has 0 spiro atoms. The van der Waals surface area contributed by atoms with Gasteiger partial charge in [-0.1, -0.05) is 59.2 Å². The Kier molecular flexibility index (Phi) is 11.0. The van der Waals surface area contributed by atoms with E-state index >= 15 is 0 Å². The Morgan fingerprint density at radius 3 is 2.36 bits per heavy atom. The van der Waals surface area contributed by atoms with Crippen LogP contribution in [0.3, 0.4) is 0 Å². The molecule has 36 heavy (non-hydrogen) atoms. The van der Waals surface area contributed by atoms with E-state index in [1.165, 1.54) is 11.8 Å². The number of anilines is 2. The highest BCUT2D eigenvalue weighted by Gasteiger charge is 2.22. The van der Waals surface area contributed by atoms with Crippen LogP contribution in [0.15, 0.2) is 47.5 Å². The minimum absolute atomic E-state index is 0.0331. The van der Waals surface area contributed by atoms with E-state index < -0.39 is 17.9 Å². The fraction of sp³-hybridized carbons (Fsp3) is 0.261. The van der Waals surface area contributed by atoms with Gasteiger partial charge < -0.3 is 21.3 Å². The number of nitrogens with zero attached hydrogens (tertiary/aromatic N) is 2. The number of carbonyl (C=O) groups is 3. The fourth-order valence-corrected chi connectivity index (χ4v) is 4.15. The second-order valence-corrected chi connectivity index (χ2v) is 9.59. The summed E-state index contributed by atoms with van der Waals surface area (Å²) in [6, 6.07) is 11.3. The second kappa shape index (κ2) is 13.7. The highest BCUT2D eigenvalue weighted by Crippen LogP contribution is 2.33. The van der Waals surface area contributed by atoms with E-state index in [-0.39, 0.29) is 29.2 Å². The summed E-state index contributed by atoms with van der Waals surface area (Å²) in [5.41, 5.74) is 7.56. The van der Waals surface area contributed by atoms with Crippen molar-refractivity contribution < 1.29 is 14.4 Å². The number of benzene rings is 2. The van der Waals surface area contributed by atoms with Crippen LogP contribution in [0.1, 0.15) is 12.5 Å². The number of nitrogens with two attached hydrogens (primary N) is 1. The fourth-order valence-electron chi connectivity index (χ4n) is 2.81. The van der Waals surface area contributed by atoms with Gasteiger partial charge in [0.15, 0.2) is 5.12 Å². The number of thioether (sulfide) groups is 1. The third kappa shape index (κ3) is 9.06. The van der Waals surface area contributed by atoms with Crippen LogP contribution in [0.25, 0.3) is 0 Å². The molecule has 0 aliphatic rings. The molecule has 0 aromatic heterocycles. The first-order valence-electron chi connectivity index (χ1n) is 10.6. The van der Waals surface area contributed by atoms with Gasteiger partial charge in [0.2, 0.25) is 23.7 Å². The van der Waals surface area contributed by atoms with E-state index in [4.69, 9.17) is 34.3 Å². The lowest BCUT2D eigenvalue weighted by Gasteiger charge is -2.17. The minimum Gasteiger partial charge on any atom is -0.369 e. The molecule has 2 rings (SSSR count). The maximum Gasteiger partial charge on any atom is 0.250 e. The zero-order valence-corrected chi connectivity index (χ0v) is 22.2. The summed E-state index contributed by atoms with van der Waals surface area (Å²) in [5, 5.41) is 16.3. The number of aliphatic imine (C=N–C) groups is 1. The summed E-state index contributed by atoms with van der Waals surface area (Å²) in [4.78, 5) is 42.1. The number of hydrogen-bond donors (Lipinski definition) is 5. The molecule has 0 fully saturated rings. The Hall–Kier alpha value is -3.28. The lowest BCUT2D eigenvalue weighted by molar-refractivity contribution is -0.126. The molecule has 0 radical (unpaired) electrons. The standard InChI is InChI=1S/C23H27Cl2N7O3S/c1-13(33)28-18(21(35)30-22(26)31-23(27)32(2)3)12-36-19(34)11-14-7-4-5-10-17(14)29-20-15(24)8-6-9-16(20)25/h4-10,18,29H,11-12H2,1-3H3,(H,28,33)(H4,26,27,30,31,35)/t18-/m1/s1. The molecule has 0 unspecified atom stereocenters. The average molecular weight is 552 g/mol. The van der Waals surface area contributed by atoms with Gasteiger partial charge in [0, 0.05) is 38.9 Å². The first kappa shape index (κ1) is 29.0. The van der Waals surface area contributed by atoms with Crippen molar-refractivity contribution in [3.8, 4) is 0 Å². The maximum absolute atomic E-state index is 12.8. The highest BCUT2D eigenvalue weighted by atomic mass is 35.5. The molecule has 2 amide bonds. The Balaban J connectivity index is 2.06. The second-order valence-electron chi connectivity index (χ2n) is 7.70. The van der Waals surface area contributed by atoms with Crippen LogP contribution in [0.4, 0.5) is 11.4 Å². The van der Waals surface area contributed by atoms with Crippen molar-refractivity contribution in [1.29, 1.82) is 5.41 Å². The van der Waals surface area contributed by atoms with Gasteiger partial charge in [-0.05, 0) is 23.8 Å². The summed E-state index contributed by atoms with van der Waals surface area (Å²) in [7, 11) is 3.19. The van der Waals surface area contributed by atoms with Crippen LogP contribution < -0.4 is 21.7 Å². The molecular formula is C23H27Cl2N7O3S. The van der Waals surface area contributed by atoms with Crippen LogP contribution in [0.5, 0.6) is 0 Å². The molecule has 2 aromatic carbocycles. The van der Waals surface area contributed by atoms with Crippen molar-refractivity contribution in [2.75, 3.05) is 25.2 Å². The van der Waals surface area contributed by atoms with Gasteiger partial charge in [-0.15, -0.1) is 0 Å². The van der Waals surface area contributed by atoms with Crippen molar-refractivity contribution in [2.45, 2.75) is 19.4 Å². The monoisotopic (exact) mass is 551 g/mol. The van der Waals surface area contributed by atoms with E-state index in [0.29, 0.717) is 27.0 Å². The molecule has 0 saturated carbocycles. The smallest absolute Gasteiger partial charge is 0.250 e. The SMILES string of the molecule is CC(=O)N[C@H](CSC(=O)Cc1ccccc1Nc1c(Cl)cccc1Cl)C(=O)N/C(N)=N/C(=N)N(C)C. The summed E-state index contributed by atoms with van der Waals surface area (Å²) in [5.74, 6) is -1.61. The third-order valence-corrected chi connectivity index (χ3v) is 6.18. The van der Waals surface area contributed by atoms with Crippen molar-refractivity contribution in [2.24, 2.45) is 10.7 Å². The number of amides is 2. The first-order chi connectivity index (χ1) is 17.0. The first-order valence-corrected chi connectivity index (χ1v) is 12.3. The molecule has 192 valence electrons. The zero-order chi connectivity index (χ0) is 26.8. The zero-order valence-electron chi connectivity index (χ0n) is 19.9. The van der Waals surface area contributed by atoms with Gasteiger partial charge in [0.25, 0.3) is 0 Å². The van der Waals surface area contributed by atoms with Crippen LogP contribution in [0.2, 0.25) is 10.0 Å². The van der Waals surface area contributed by atoms with Crippen LogP contribution >= 0.6 is 35.0 Å². The van der Waals surface area contributed by atoms with Gasteiger partial charge >= 0.3 is 0 Å². The van der Waals surface area contributed by atoms with Gasteiger partial charge in [-0.25, -0.2) is 0 Å². The van der Waals surface area contributed by atoms with Crippen molar-refractivity contribution in [3.05, 3.63) is 58.1 Å². The molecule has 0 aliphatic heterocycles. The highest BCUT2D eigenvalue weighted by molar-refractivity contribution is 8.13. The third-order valence-electron chi connectivity index (χ3n) is 4.58. The van der Waals surface area contributed by atoms with Crippen molar-refractivity contribution >= 4 is 75.2 Å². The summed E-state index contributed by atoms with van der Waals surface area (Å²) < 4.78 is 0. The van der Waals surface area contributed by atoms with Crippen LogP contribution in [-0.2, 0) is 20.8 Å². The number of hydrogen-bond acceptors (Lipinski definition) is 6. The largest absolute Gasteiger partial charge is 0.369 e. The quantitative estimate of drug-likeness (QED) is 0.249. The number of carbonyl (C=O) groups excluding carboxylic acids is 3. The molecule has 0 aliphatic carbocycles. The molecular weight excluding hydrogens is 525 g/mol. The number of halogens is 2. The minimum atomic E-state index is -1.05. The Morgan fingerprint density at radius 2 is 1.75 bits per heavy atom. The van der Waals surface area contributed by atoms with E-state index in [1.54, 1.807) is 50.5 Å². The molecule has 1 atom stereocenters. The summed E-state index contributed by atoms with van der Waals surface area (Å²) >= 11 is 13.4. The van der Waals surface area contributed by atoms with Gasteiger partial charge in [-0.3, -0.25) is 25.1 Å². The van der Waals surface area contributed by atoms with Crippen molar-refractivity contribution in [1.82, 2.24) is 15.5 Å². The maximum atomic E-state index is 12.8. The molecule has 13 heteroatoms. The van der Waals surface area contributed by atoms with E-state index in [9.17, 15) is 14.4 Å².